The number of rotatable bonds is 1. The second kappa shape index (κ2) is 4.16. The molecule has 2 N–H and O–H groups in total. The Labute approximate surface area is 100 Å². The molecule has 0 radical (unpaired) electrons. The minimum absolute atomic E-state index is 0.402. The number of nitrogens with two attached hydrogens (primary N) is 1. The van der Waals surface area contributed by atoms with E-state index in [1.165, 1.54) is 6.21 Å². The van der Waals surface area contributed by atoms with Gasteiger partial charge in [-0.15, -0.1) is 0 Å². The van der Waals surface area contributed by atoms with Gasteiger partial charge in [0.2, 0.25) is 0 Å². The molecule has 0 saturated carbocycles. The Balaban J connectivity index is 2.81. The molecule has 0 saturated heterocycles. The van der Waals surface area contributed by atoms with Gasteiger partial charge in [-0.2, -0.15) is 5.10 Å². The third kappa shape index (κ3) is 1.96. The average Bonchev–Trinajstić information content (AvgIpc) is 2.22. The monoisotopic (exact) mass is 283 g/mol. The number of hydrogen-bond donors (Lipinski definition) is 1. The molecule has 0 amide bonds. The predicted molar refractivity (Wildman–Crippen MR) is 66.2 cm³/mol. The highest BCUT2D eigenvalue weighted by Crippen LogP contribution is 2.25. The van der Waals surface area contributed by atoms with Gasteiger partial charge in [-0.3, -0.25) is 0 Å². The second-order valence-electron chi connectivity index (χ2n) is 2.97. The largest absolute Gasteiger partial charge is 0.323 e. The number of pyridine rings is 1. The van der Waals surface area contributed by atoms with Crippen LogP contribution in [0.15, 0.2) is 34.0 Å². The average molecular weight is 285 g/mol. The molecule has 0 bridgehead atoms. The van der Waals surface area contributed by atoms with Gasteiger partial charge in [0.05, 0.1) is 6.21 Å². The lowest BCUT2D eigenvalue weighted by atomic mass is 10.1. The van der Waals surface area contributed by atoms with Crippen LogP contribution in [-0.2, 0) is 0 Å². The summed E-state index contributed by atoms with van der Waals surface area (Å²) in [4.78, 5) is 4.06. The minimum atomic E-state index is 0.402. The van der Waals surface area contributed by atoms with Gasteiger partial charge in [-0.1, -0.05) is 33.6 Å². The first-order valence-corrected chi connectivity index (χ1v) is 5.36. The molecule has 2 rings (SSSR count). The number of hydrogen-bond acceptors (Lipinski definition) is 3. The van der Waals surface area contributed by atoms with E-state index in [1.807, 2.05) is 18.2 Å². The summed E-state index contributed by atoms with van der Waals surface area (Å²) < 4.78 is 0.995. The maximum atomic E-state index is 5.95. The molecule has 1 heterocycles. The Morgan fingerprint density at radius 1 is 1.47 bits per heavy atom. The molecule has 0 aliphatic rings. The number of halogens is 2. The Morgan fingerprint density at radius 2 is 2.27 bits per heavy atom. The Morgan fingerprint density at radius 3 is 3.00 bits per heavy atom. The van der Waals surface area contributed by atoms with Crippen LogP contribution in [0.2, 0.25) is 5.15 Å². The Bertz CT molecular complexity index is 539. The molecule has 1 aromatic carbocycles. The van der Waals surface area contributed by atoms with Crippen LogP contribution in [0, 0.1) is 0 Å². The van der Waals surface area contributed by atoms with Crippen LogP contribution in [0.25, 0.3) is 10.8 Å². The van der Waals surface area contributed by atoms with Gasteiger partial charge in [0.25, 0.3) is 0 Å². The van der Waals surface area contributed by atoms with Gasteiger partial charge in [0, 0.05) is 21.6 Å². The topological polar surface area (TPSA) is 51.3 Å². The molecule has 0 aliphatic heterocycles. The third-order valence-electron chi connectivity index (χ3n) is 2.05. The quantitative estimate of drug-likeness (QED) is 0.379. The third-order valence-corrected chi connectivity index (χ3v) is 2.84. The SMILES string of the molecule is N/N=C/c1c(Cl)ncc2cc(Br)ccc12. The zero-order chi connectivity index (χ0) is 10.8. The summed E-state index contributed by atoms with van der Waals surface area (Å²) in [5.74, 6) is 5.12. The fraction of sp³-hybridized carbons (Fsp3) is 0. The fourth-order valence-corrected chi connectivity index (χ4v) is 1.97. The summed E-state index contributed by atoms with van der Waals surface area (Å²) in [5, 5.41) is 5.85. The van der Waals surface area contributed by atoms with Crippen molar-refractivity contribution in [2.75, 3.05) is 0 Å². The summed E-state index contributed by atoms with van der Waals surface area (Å²) in [6, 6.07) is 5.85. The Kier molecular flexibility index (Phi) is 2.88. The molecule has 0 unspecified atom stereocenters. The molecule has 3 nitrogen and oxygen atoms in total. The summed E-state index contributed by atoms with van der Waals surface area (Å²) in [7, 11) is 0. The standard InChI is InChI=1S/C10H7BrClN3/c11-7-1-2-8-6(3-7)4-14-10(12)9(8)5-15-13/h1-5H,13H2/b15-5+. The predicted octanol–water partition coefficient (Wildman–Crippen LogP) is 2.94. The summed E-state index contributed by atoms with van der Waals surface area (Å²) in [6.45, 7) is 0. The van der Waals surface area contributed by atoms with Gasteiger partial charge in [0.15, 0.2) is 0 Å². The van der Waals surface area contributed by atoms with Crippen LogP contribution in [0.3, 0.4) is 0 Å². The maximum Gasteiger partial charge on any atom is 0.138 e. The molecule has 1 aromatic heterocycles. The number of hydrazone groups is 1. The van der Waals surface area contributed by atoms with Crippen molar-refractivity contribution in [2.45, 2.75) is 0 Å². The van der Waals surface area contributed by atoms with Crippen LogP contribution < -0.4 is 5.84 Å². The van der Waals surface area contributed by atoms with Gasteiger partial charge in [0.1, 0.15) is 5.15 Å². The van der Waals surface area contributed by atoms with Crippen molar-refractivity contribution in [3.05, 3.63) is 39.6 Å². The Hall–Kier alpha value is -1.13. The highest BCUT2D eigenvalue weighted by Gasteiger charge is 2.05. The number of benzene rings is 1. The van der Waals surface area contributed by atoms with Crippen molar-refractivity contribution < 1.29 is 0 Å². The van der Waals surface area contributed by atoms with Crippen molar-refractivity contribution >= 4 is 44.5 Å². The first-order chi connectivity index (χ1) is 7.22. The molecule has 0 spiro atoms. The molecule has 2 aromatic rings. The number of nitrogens with zero attached hydrogens (tertiary/aromatic N) is 2. The maximum absolute atomic E-state index is 5.95. The molecular weight excluding hydrogens is 277 g/mol. The number of fused-ring (bicyclic) bond motifs is 1. The second-order valence-corrected chi connectivity index (χ2v) is 4.25. The minimum Gasteiger partial charge on any atom is -0.323 e. The van der Waals surface area contributed by atoms with Crippen molar-refractivity contribution in [1.29, 1.82) is 0 Å². The van der Waals surface area contributed by atoms with Crippen LogP contribution >= 0.6 is 27.5 Å². The molecule has 0 atom stereocenters. The summed E-state index contributed by atoms with van der Waals surface area (Å²) in [5.41, 5.74) is 0.740. The zero-order valence-electron chi connectivity index (χ0n) is 7.61. The van der Waals surface area contributed by atoms with E-state index in [-0.39, 0.29) is 0 Å². The van der Waals surface area contributed by atoms with Crippen LogP contribution in [0.1, 0.15) is 5.56 Å². The lowest BCUT2D eigenvalue weighted by Gasteiger charge is -2.03. The number of aromatic nitrogens is 1. The van der Waals surface area contributed by atoms with E-state index in [2.05, 4.69) is 26.0 Å². The smallest absolute Gasteiger partial charge is 0.138 e. The van der Waals surface area contributed by atoms with E-state index in [0.29, 0.717) is 5.15 Å². The molecule has 5 heteroatoms. The summed E-state index contributed by atoms with van der Waals surface area (Å²) in [6.07, 6.45) is 3.22. The van der Waals surface area contributed by atoms with Crippen LogP contribution in [0.5, 0.6) is 0 Å². The van der Waals surface area contributed by atoms with Gasteiger partial charge in [-0.25, -0.2) is 4.98 Å². The summed E-state index contributed by atoms with van der Waals surface area (Å²) >= 11 is 9.35. The first-order valence-electron chi connectivity index (χ1n) is 4.19. The highest BCUT2D eigenvalue weighted by atomic mass is 79.9. The van der Waals surface area contributed by atoms with E-state index in [9.17, 15) is 0 Å². The molecule has 15 heavy (non-hydrogen) atoms. The van der Waals surface area contributed by atoms with E-state index in [4.69, 9.17) is 17.4 Å². The van der Waals surface area contributed by atoms with Gasteiger partial charge < -0.3 is 5.84 Å². The van der Waals surface area contributed by atoms with E-state index in [1.54, 1.807) is 6.20 Å². The first kappa shape index (κ1) is 10.4. The van der Waals surface area contributed by atoms with Crippen molar-refractivity contribution in [1.82, 2.24) is 4.98 Å². The van der Waals surface area contributed by atoms with Crippen LogP contribution in [0.4, 0.5) is 0 Å². The fourth-order valence-electron chi connectivity index (χ4n) is 1.39. The van der Waals surface area contributed by atoms with E-state index < -0.39 is 0 Å². The molecular formula is C10H7BrClN3. The van der Waals surface area contributed by atoms with E-state index in [0.717, 1.165) is 20.8 Å². The normalized spacial score (nSPS) is 11.3. The van der Waals surface area contributed by atoms with Crippen molar-refractivity contribution in [3.63, 3.8) is 0 Å². The van der Waals surface area contributed by atoms with Crippen molar-refractivity contribution in [2.24, 2.45) is 10.9 Å². The lowest BCUT2D eigenvalue weighted by Crippen LogP contribution is -1.92. The zero-order valence-corrected chi connectivity index (χ0v) is 9.96. The van der Waals surface area contributed by atoms with Gasteiger partial charge in [-0.05, 0) is 17.5 Å². The van der Waals surface area contributed by atoms with Crippen molar-refractivity contribution in [3.8, 4) is 0 Å². The van der Waals surface area contributed by atoms with E-state index >= 15 is 0 Å². The highest BCUT2D eigenvalue weighted by molar-refractivity contribution is 9.10. The van der Waals surface area contributed by atoms with Crippen LogP contribution in [-0.4, -0.2) is 11.2 Å². The molecule has 76 valence electrons. The molecule has 0 aliphatic carbocycles. The van der Waals surface area contributed by atoms with Gasteiger partial charge >= 0.3 is 0 Å². The lowest BCUT2D eigenvalue weighted by molar-refractivity contribution is 1.26. The molecule has 0 fully saturated rings.